The number of likely N-dealkylation sites (N-methyl/N-ethyl adjacent to an activating group) is 1. The van der Waals surface area contributed by atoms with Crippen molar-refractivity contribution in [3.8, 4) is 0 Å². The summed E-state index contributed by atoms with van der Waals surface area (Å²) in [6.45, 7) is 4.16. The number of hydrogen-bond donors (Lipinski definition) is 1. The van der Waals surface area contributed by atoms with Gasteiger partial charge in [-0.3, -0.25) is 4.98 Å². The topological polar surface area (TPSA) is 34.2 Å². The molecule has 0 aliphatic carbocycles. The highest BCUT2D eigenvalue weighted by molar-refractivity contribution is 5.85. The number of pyridine rings is 1. The Labute approximate surface area is 108 Å². The number of nitrogens with zero attached hydrogens (tertiary/aromatic N) is 1. The average Bonchev–Trinajstić information content (AvgIpc) is 2.39. The Balaban J connectivity index is 2.59. The third-order valence-electron chi connectivity index (χ3n) is 3.52. The monoisotopic (exact) mass is 244 g/mol. The van der Waals surface area contributed by atoms with Crippen molar-refractivity contribution >= 4 is 10.8 Å². The number of ether oxygens (including phenoxy) is 1. The van der Waals surface area contributed by atoms with Gasteiger partial charge in [-0.1, -0.05) is 24.3 Å². The summed E-state index contributed by atoms with van der Waals surface area (Å²) in [4.78, 5) is 4.33. The van der Waals surface area contributed by atoms with Crippen molar-refractivity contribution in [2.75, 3.05) is 14.2 Å². The van der Waals surface area contributed by atoms with Crippen molar-refractivity contribution in [2.24, 2.45) is 0 Å². The van der Waals surface area contributed by atoms with Crippen LogP contribution in [0.2, 0.25) is 0 Å². The summed E-state index contributed by atoms with van der Waals surface area (Å²) in [5.74, 6) is 0. The Kier molecular flexibility index (Phi) is 3.64. The largest absolute Gasteiger partial charge is 0.377 e. The molecule has 0 saturated carbocycles. The molecule has 0 aliphatic rings. The lowest BCUT2D eigenvalue weighted by molar-refractivity contribution is -0.00867. The van der Waals surface area contributed by atoms with E-state index in [0.29, 0.717) is 0 Å². The Morgan fingerprint density at radius 3 is 2.61 bits per heavy atom. The van der Waals surface area contributed by atoms with E-state index in [4.69, 9.17) is 4.74 Å². The van der Waals surface area contributed by atoms with Crippen LogP contribution in [0.25, 0.3) is 10.8 Å². The second-order valence-corrected chi connectivity index (χ2v) is 4.98. The predicted octanol–water partition coefficient (Wildman–Crippen LogP) is 2.92. The SMILES string of the molecule is CNC(c1cncc2ccccc12)C(C)(C)OC. The van der Waals surface area contributed by atoms with Crippen LogP contribution < -0.4 is 5.32 Å². The van der Waals surface area contributed by atoms with Gasteiger partial charge in [-0.15, -0.1) is 0 Å². The van der Waals surface area contributed by atoms with Gasteiger partial charge in [0.05, 0.1) is 11.6 Å². The van der Waals surface area contributed by atoms with Crippen molar-refractivity contribution in [1.29, 1.82) is 0 Å². The van der Waals surface area contributed by atoms with Gasteiger partial charge >= 0.3 is 0 Å². The quantitative estimate of drug-likeness (QED) is 0.898. The molecule has 1 heterocycles. The summed E-state index contributed by atoms with van der Waals surface area (Å²) in [7, 11) is 3.69. The molecule has 0 radical (unpaired) electrons. The molecule has 1 unspecified atom stereocenters. The van der Waals surface area contributed by atoms with E-state index in [9.17, 15) is 0 Å². The molecule has 0 amide bonds. The first-order valence-electron chi connectivity index (χ1n) is 6.15. The highest BCUT2D eigenvalue weighted by Gasteiger charge is 2.30. The molecule has 18 heavy (non-hydrogen) atoms. The fourth-order valence-electron chi connectivity index (χ4n) is 2.37. The first-order chi connectivity index (χ1) is 8.60. The predicted molar refractivity (Wildman–Crippen MR) is 74.6 cm³/mol. The molecule has 3 nitrogen and oxygen atoms in total. The lowest BCUT2D eigenvalue weighted by Crippen LogP contribution is -2.39. The summed E-state index contributed by atoms with van der Waals surface area (Å²) in [6.07, 6.45) is 3.82. The molecule has 3 heteroatoms. The number of benzene rings is 1. The number of rotatable bonds is 4. The molecule has 0 fully saturated rings. The molecular formula is C15H20N2O. The minimum Gasteiger partial charge on any atom is -0.377 e. The van der Waals surface area contributed by atoms with Gasteiger partial charge in [0.2, 0.25) is 0 Å². The van der Waals surface area contributed by atoms with Gasteiger partial charge in [0.1, 0.15) is 0 Å². The number of hydrogen-bond acceptors (Lipinski definition) is 3. The molecule has 1 aromatic carbocycles. The number of fused-ring (bicyclic) bond motifs is 1. The highest BCUT2D eigenvalue weighted by atomic mass is 16.5. The molecule has 1 N–H and O–H groups in total. The van der Waals surface area contributed by atoms with E-state index in [1.54, 1.807) is 7.11 Å². The second-order valence-electron chi connectivity index (χ2n) is 4.98. The van der Waals surface area contributed by atoms with Crippen LogP contribution in [0.15, 0.2) is 36.7 Å². The fraction of sp³-hybridized carbons (Fsp3) is 0.400. The third-order valence-corrected chi connectivity index (χ3v) is 3.52. The zero-order chi connectivity index (χ0) is 13.2. The smallest absolute Gasteiger partial charge is 0.0817 e. The molecule has 0 aliphatic heterocycles. The van der Waals surface area contributed by atoms with E-state index >= 15 is 0 Å². The van der Waals surface area contributed by atoms with Crippen molar-refractivity contribution in [3.05, 3.63) is 42.2 Å². The fourth-order valence-corrected chi connectivity index (χ4v) is 2.37. The molecular weight excluding hydrogens is 224 g/mol. The van der Waals surface area contributed by atoms with Crippen LogP contribution >= 0.6 is 0 Å². The van der Waals surface area contributed by atoms with Crippen molar-refractivity contribution in [2.45, 2.75) is 25.5 Å². The van der Waals surface area contributed by atoms with Crippen LogP contribution in [0.5, 0.6) is 0 Å². The minimum atomic E-state index is -0.291. The first-order valence-corrected chi connectivity index (χ1v) is 6.15. The van der Waals surface area contributed by atoms with Crippen molar-refractivity contribution in [3.63, 3.8) is 0 Å². The lowest BCUT2D eigenvalue weighted by Gasteiger charge is -2.33. The van der Waals surface area contributed by atoms with E-state index in [1.807, 2.05) is 25.5 Å². The van der Waals surface area contributed by atoms with Gasteiger partial charge in [0.25, 0.3) is 0 Å². The normalized spacial score (nSPS) is 13.8. The second kappa shape index (κ2) is 5.04. The summed E-state index contributed by atoms with van der Waals surface area (Å²) in [5, 5.41) is 5.71. The van der Waals surface area contributed by atoms with Crippen LogP contribution in [0.3, 0.4) is 0 Å². The third kappa shape index (κ3) is 2.24. The molecule has 96 valence electrons. The van der Waals surface area contributed by atoms with Crippen LogP contribution in [0.1, 0.15) is 25.5 Å². The summed E-state index contributed by atoms with van der Waals surface area (Å²) < 4.78 is 5.60. The molecule has 0 spiro atoms. The molecule has 2 aromatic rings. The average molecular weight is 244 g/mol. The van der Waals surface area contributed by atoms with E-state index in [2.05, 4.69) is 42.3 Å². The number of aromatic nitrogens is 1. The van der Waals surface area contributed by atoms with Crippen LogP contribution in [0.4, 0.5) is 0 Å². The van der Waals surface area contributed by atoms with Gasteiger partial charge in [-0.25, -0.2) is 0 Å². The number of methoxy groups -OCH3 is 1. The van der Waals surface area contributed by atoms with Gasteiger partial charge in [0.15, 0.2) is 0 Å². The van der Waals surface area contributed by atoms with Crippen LogP contribution in [-0.2, 0) is 4.74 Å². The molecule has 0 bridgehead atoms. The van der Waals surface area contributed by atoms with Crippen LogP contribution in [-0.4, -0.2) is 24.7 Å². The maximum atomic E-state index is 5.60. The lowest BCUT2D eigenvalue weighted by atomic mass is 9.90. The van der Waals surface area contributed by atoms with E-state index < -0.39 is 0 Å². The Bertz CT molecular complexity index is 532. The molecule has 1 atom stereocenters. The summed E-state index contributed by atoms with van der Waals surface area (Å²) in [6, 6.07) is 8.39. The minimum absolute atomic E-state index is 0.0982. The molecule has 1 aromatic heterocycles. The van der Waals surface area contributed by atoms with Gasteiger partial charge in [-0.2, -0.15) is 0 Å². The van der Waals surface area contributed by atoms with E-state index in [-0.39, 0.29) is 11.6 Å². The van der Waals surface area contributed by atoms with Gasteiger partial charge in [0, 0.05) is 24.9 Å². The Morgan fingerprint density at radius 2 is 1.94 bits per heavy atom. The molecule has 2 rings (SSSR count). The van der Waals surface area contributed by atoms with Crippen LogP contribution in [0, 0.1) is 0 Å². The maximum Gasteiger partial charge on any atom is 0.0817 e. The zero-order valence-electron chi connectivity index (χ0n) is 11.4. The van der Waals surface area contributed by atoms with Gasteiger partial charge < -0.3 is 10.1 Å². The summed E-state index contributed by atoms with van der Waals surface area (Å²) >= 11 is 0. The van der Waals surface area contributed by atoms with E-state index in [1.165, 1.54) is 10.9 Å². The summed E-state index contributed by atoms with van der Waals surface area (Å²) in [5.41, 5.74) is 0.878. The number of nitrogens with one attached hydrogen (secondary N) is 1. The van der Waals surface area contributed by atoms with Crippen molar-refractivity contribution < 1.29 is 4.74 Å². The van der Waals surface area contributed by atoms with Gasteiger partial charge in [-0.05, 0) is 31.8 Å². The Hall–Kier alpha value is -1.45. The highest BCUT2D eigenvalue weighted by Crippen LogP contribution is 2.32. The zero-order valence-corrected chi connectivity index (χ0v) is 11.4. The van der Waals surface area contributed by atoms with E-state index in [0.717, 1.165) is 5.39 Å². The maximum absolute atomic E-state index is 5.60. The van der Waals surface area contributed by atoms with Crippen molar-refractivity contribution in [1.82, 2.24) is 10.3 Å². The standard InChI is InChI=1S/C15H20N2O/c1-15(2,18-4)14(16-3)13-10-17-9-11-7-5-6-8-12(11)13/h5-10,14,16H,1-4H3. The Morgan fingerprint density at radius 1 is 1.22 bits per heavy atom. The molecule has 0 saturated heterocycles. The first kappa shape index (κ1) is 13.0.